The van der Waals surface area contributed by atoms with E-state index in [1.54, 1.807) is 36.1 Å². The fraction of sp³-hybridized carbons (Fsp3) is 0.476. The van der Waals surface area contributed by atoms with Crippen molar-refractivity contribution in [1.29, 1.82) is 0 Å². The van der Waals surface area contributed by atoms with Gasteiger partial charge in [-0.2, -0.15) is 0 Å². The van der Waals surface area contributed by atoms with Crippen molar-refractivity contribution in [3.63, 3.8) is 0 Å². The number of aryl methyl sites for hydroxylation is 1. The summed E-state index contributed by atoms with van der Waals surface area (Å²) in [5, 5.41) is 3.10. The largest absolute Gasteiger partial charge is 0.351 e. The topological polar surface area (TPSA) is 67.2 Å². The van der Waals surface area contributed by atoms with E-state index in [1.165, 1.54) is 6.07 Å². The standard InChI is InChI=1S/C21H25FN4O2/c1-25-11-10-23-20(25)21(28)26-15(12-14-6-2-3-7-16(14)22)13-17-18(26)8-4-5-9-19(27)24-17/h2-3,6-7,10-11,15,17-18H,4-5,8-9,12-13H2,1H3,(H,24,27)/t15-,17+,18-/m0/s1. The molecule has 28 heavy (non-hydrogen) atoms. The van der Waals surface area contributed by atoms with Crippen LogP contribution in [0.4, 0.5) is 4.39 Å². The predicted molar refractivity (Wildman–Crippen MR) is 102 cm³/mol. The lowest BCUT2D eigenvalue weighted by molar-refractivity contribution is -0.122. The molecule has 0 saturated carbocycles. The number of benzene rings is 1. The molecule has 2 aromatic rings. The zero-order chi connectivity index (χ0) is 19.7. The Morgan fingerprint density at radius 1 is 1.32 bits per heavy atom. The smallest absolute Gasteiger partial charge is 0.290 e. The van der Waals surface area contributed by atoms with Gasteiger partial charge in [0.05, 0.1) is 12.1 Å². The number of aromatic nitrogens is 2. The molecule has 0 unspecified atom stereocenters. The van der Waals surface area contributed by atoms with Crippen LogP contribution in [0.5, 0.6) is 0 Å². The summed E-state index contributed by atoms with van der Waals surface area (Å²) >= 11 is 0. The maximum atomic E-state index is 14.3. The van der Waals surface area contributed by atoms with E-state index in [1.807, 2.05) is 11.0 Å². The summed E-state index contributed by atoms with van der Waals surface area (Å²) < 4.78 is 16.0. The molecule has 148 valence electrons. The molecule has 2 aliphatic rings. The Balaban J connectivity index is 1.67. The average Bonchev–Trinajstić information content (AvgIpc) is 3.22. The minimum Gasteiger partial charge on any atom is -0.351 e. The summed E-state index contributed by atoms with van der Waals surface area (Å²) in [6, 6.07) is 6.30. The highest BCUT2D eigenvalue weighted by atomic mass is 19.1. The summed E-state index contributed by atoms with van der Waals surface area (Å²) in [4.78, 5) is 31.6. The Morgan fingerprint density at radius 3 is 2.89 bits per heavy atom. The first-order chi connectivity index (χ1) is 13.5. The van der Waals surface area contributed by atoms with Gasteiger partial charge in [0.1, 0.15) is 5.82 Å². The molecule has 1 aromatic heterocycles. The average molecular weight is 384 g/mol. The number of hydrogen-bond acceptors (Lipinski definition) is 3. The van der Waals surface area contributed by atoms with Gasteiger partial charge in [0.15, 0.2) is 5.82 Å². The van der Waals surface area contributed by atoms with Gasteiger partial charge in [-0.3, -0.25) is 9.59 Å². The van der Waals surface area contributed by atoms with Crippen molar-refractivity contribution in [3.8, 4) is 0 Å². The van der Waals surface area contributed by atoms with E-state index in [0.717, 1.165) is 19.3 Å². The van der Waals surface area contributed by atoms with E-state index in [2.05, 4.69) is 10.3 Å². The van der Waals surface area contributed by atoms with Crippen LogP contribution < -0.4 is 5.32 Å². The third kappa shape index (κ3) is 3.53. The highest BCUT2D eigenvalue weighted by molar-refractivity contribution is 5.91. The molecule has 2 aliphatic heterocycles. The molecule has 2 saturated heterocycles. The van der Waals surface area contributed by atoms with Crippen molar-refractivity contribution in [1.82, 2.24) is 19.8 Å². The molecule has 1 aromatic carbocycles. The van der Waals surface area contributed by atoms with Crippen molar-refractivity contribution < 1.29 is 14.0 Å². The normalized spacial score (nSPS) is 25.0. The van der Waals surface area contributed by atoms with Crippen LogP contribution in [-0.2, 0) is 18.3 Å². The van der Waals surface area contributed by atoms with Gasteiger partial charge >= 0.3 is 0 Å². The van der Waals surface area contributed by atoms with Crippen molar-refractivity contribution in [2.75, 3.05) is 0 Å². The zero-order valence-electron chi connectivity index (χ0n) is 16.0. The highest BCUT2D eigenvalue weighted by Gasteiger charge is 2.45. The van der Waals surface area contributed by atoms with Crippen molar-refractivity contribution in [2.24, 2.45) is 7.05 Å². The van der Waals surface area contributed by atoms with Gasteiger partial charge < -0.3 is 14.8 Å². The number of imidazole rings is 1. The third-order valence-electron chi connectivity index (χ3n) is 5.90. The van der Waals surface area contributed by atoms with Gasteiger partial charge in [-0.15, -0.1) is 0 Å². The minimum atomic E-state index is -0.264. The van der Waals surface area contributed by atoms with Crippen LogP contribution in [-0.4, -0.2) is 44.4 Å². The second-order valence-electron chi connectivity index (χ2n) is 7.75. The summed E-state index contributed by atoms with van der Waals surface area (Å²) in [7, 11) is 1.79. The maximum absolute atomic E-state index is 14.3. The number of amides is 2. The summed E-state index contributed by atoms with van der Waals surface area (Å²) in [5.41, 5.74) is 0.589. The summed E-state index contributed by atoms with van der Waals surface area (Å²) in [6.07, 6.45) is 7.46. The van der Waals surface area contributed by atoms with Crippen LogP contribution in [0.1, 0.15) is 48.3 Å². The molecule has 2 fully saturated rings. The number of halogens is 1. The molecule has 3 heterocycles. The van der Waals surface area contributed by atoms with E-state index in [0.29, 0.717) is 30.7 Å². The molecule has 6 nitrogen and oxygen atoms in total. The first-order valence-electron chi connectivity index (χ1n) is 9.87. The Labute approximate surface area is 163 Å². The zero-order valence-corrected chi connectivity index (χ0v) is 16.0. The molecule has 0 aliphatic carbocycles. The summed E-state index contributed by atoms with van der Waals surface area (Å²) in [5.74, 6) is -0.0189. The van der Waals surface area contributed by atoms with Crippen LogP contribution in [0.3, 0.4) is 0 Å². The van der Waals surface area contributed by atoms with Crippen molar-refractivity contribution in [3.05, 3.63) is 53.9 Å². The van der Waals surface area contributed by atoms with E-state index >= 15 is 0 Å². The first-order valence-corrected chi connectivity index (χ1v) is 9.87. The van der Waals surface area contributed by atoms with Crippen molar-refractivity contribution >= 4 is 11.8 Å². The van der Waals surface area contributed by atoms with Crippen molar-refractivity contribution in [2.45, 2.75) is 56.7 Å². The number of rotatable bonds is 3. The molecular formula is C21H25FN4O2. The van der Waals surface area contributed by atoms with Crippen LogP contribution in [0.25, 0.3) is 0 Å². The fourth-order valence-electron chi connectivity index (χ4n) is 4.54. The lowest BCUT2D eigenvalue weighted by Crippen LogP contribution is -2.49. The van der Waals surface area contributed by atoms with Gasteiger partial charge in [-0.1, -0.05) is 24.6 Å². The number of nitrogens with zero attached hydrogens (tertiary/aromatic N) is 3. The van der Waals surface area contributed by atoms with Gasteiger partial charge in [0.2, 0.25) is 5.91 Å². The van der Waals surface area contributed by atoms with Crippen LogP contribution in [0.15, 0.2) is 36.7 Å². The second kappa shape index (κ2) is 7.73. The molecule has 2 amide bonds. The molecule has 3 atom stereocenters. The molecule has 1 N–H and O–H groups in total. The molecule has 0 radical (unpaired) electrons. The van der Waals surface area contributed by atoms with Crippen LogP contribution in [0, 0.1) is 5.82 Å². The lowest BCUT2D eigenvalue weighted by Gasteiger charge is -2.32. The van der Waals surface area contributed by atoms with Crippen LogP contribution in [0.2, 0.25) is 0 Å². The summed E-state index contributed by atoms with van der Waals surface area (Å²) in [6.45, 7) is 0. The second-order valence-corrected chi connectivity index (χ2v) is 7.75. The Bertz CT molecular complexity index is 881. The monoisotopic (exact) mass is 384 g/mol. The first kappa shape index (κ1) is 18.7. The van der Waals surface area contributed by atoms with Gasteiger partial charge in [0, 0.05) is 31.9 Å². The third-order valence-corrected chi connectivity index (χ3v) is 5.90. The Kier molecular flexibility index (Phi) is 5.15. The number of nitrogens with one attached hydrogen (secondary N) is 1. The van der Waals surface area contributed by atoms with E-state index < -0.39 is 0 Å². The van der Waals surface area contributed by atoms with Gasteiger partial charge in [0.25, 0.3) is 5.91 Å². The number of carbonyl (C=O) groups is 2. The number of fused-ring (bicyclic) bond motifs is 1. The SMILES string of the molecule is Cn1ccnc1C(=O)N1[C@@H](Cc2ccccc2F)C[C@H]2NC(=O)CCCC[C@@H]21. The molecule has 0 bridgehead atoms. The minimum absolute atomic E-state index is 0.0330. The van der Waals surface area contributed by atoms with Gasteiger partial charge in [-0.25, -0.2) is 9.37 Å². The van der Waals surface area contributed by atoms with E-state index in [9.17, 15) is 14.0 Å². The quantitative estimate of drug-likeness (QED) is 0.884. The van der Waals surface area contributed by atoms with E-state index in [4.69, 9.17) is 0 Å². The number of hydrogen-bond donors (Lipinski definition) is 1. The van der Waals surface area contributed by atoms with Gasteiger partial charge in [-0.05, 0) is 37.3 Å². The van der Waals surface area contributed by atoms with E-state index in [-0.39, 0.29) is 35.8 Å². The molecule has 7 heteroatoms. The fourth-order valence-corrected chi connectivity index (χ4v) is 4.54. The Morgan fingerprint density at radius 2 is 2.14 bits per heavy atom. The predicted octanol–water partition coefficient (Wildman–Crippen LogP) is 2.44. The number of carbonyl (C=O) groups excluding carboxylic acids is 2. The lowest BCUT2D eigenvalue weighted by atomic mass is 9.97. The van der Waals surface area contributed by atoms with Crippen LogP contribution >= 0.6 is 0 Å². The maximum Gasteiger partial charge on any atom is 0.290 e. The molecule has 4 rings (SSSR count). The number of likely N-dealkylation sites (tertiary alicyclic amines) is 1. The molecular weight excluding hydrogens is 359 g/mol. The Hall–Kier alpha value is -2.70. The highest BCUT2D eigenvalue weighted by Crippen LogP contribution is 2.33. The molecule has 0 spiro atoms.